The minimum atomic E-state index is -3.34. The topological polar surface area (TPSA) is 55.4 Å². The molecule has 0 saturated heterocycles. The van der Waals surface area contributed by atoms with Gasteiger partial charge in [-0.2, -0.15) is 0 Å². The number of sulfone groups is 1. The number of hydrogen-bond donors (Lipinski definition) is 1. The molecule has 5 heteroatoms. The zero-order valence-electron chi connectivity index (χ0n) is 14.0. The van der Waals surface area contributed by atoms with E-state index in [1.54, 1.807) is 13.2 Å². The lowest BCUT2D eigenvalue weighted by molar-refractivity contribution is 0.287. The summed E-state index contributed by atoms with van der Waals surface area (Å²) in [6, 6.07) is 5.37. The van der Waals surface area contributed by atoms with E-state index in [-0.39, 0.29) is 17.3 Å². The third kappa shape index (κ3) is 3.30. The molecule has 1 aromatic rings. The van der Waals surface area contributed by atoms with Crippen LogP contribution in [0.1, 0.15) is 58.1 Å². The molecule has 0 fully saturated rings. The van der Waals surface area contributed by atoms with Gasteiger partial charge in [0.25, 0.3) is 0 Å². The molecule has 0 amide bonds. The maximum absolute atomic E-state index is 12.9. The molecule has 2 rings (SSSR count). The third-order valence-electron chi connectivity index (χ3n) is 4.70. The van der Waals surface area contributed by atoms with E-state index in [9.17, 15) is 8.42 Å². The molecular weight excluding hydrogens is 298 g/mol. The van der Waals surface area contributed by atoms with Crippen molar-refractivity contribution in [3.63, 3.8) is 0 Å². The highest BCUT2D eigenvalue weighted by atomic mass is 32.2. The van der Waals surface area contributed by atoms with Gasteiger partial charge in [-0.05, 0) is 37.5 Å². The van der Waals surface area contributed by atoms with Crippen LogP contribution in [0, 0.1) is 0 Å². The van der Waals surface area contributed by atoms with E-state index in [0.717, 1.165) is 31.2 Å². The van der Waals surface area contributed by atoms with Gasteiger partial charge in [-0.15, -0.1) is 0 Å². The van der Waals surface area contributed by atoms with E-state index in [1.165, 1.54) is 0 Å². The molecular formula is C17H27NO3S. The summed E-state index contributed by atoms with van der Waals surface area (Å²) in [5.41, 5.74) is 0.494. The van der Waals surface area contributed by atoms with Gasteiger partial charge in [0, 0.05) is 11.6 Å². The maximum Gasteiger partial charge on any atom is 0.180 e. The van der Waals surface area contributed by atoms with Crippen LogP contribution in [0.15, 0.2) is 23.1 Å². The molecule has 4 nitrogen and oxygen atoms in total. The molecule has 1 aliphatic heterocycles. The Labute approximate surface area is 134 Å². The number of methoxy groups -OCH3 is 1. The van der Waals surface area contributed by atoms with Gasteiger partial charge in [-0.1, -0.05) is 32.8 Å². The van der Waals surface area contributed by atoms with E-state index in [1.807, 2.05) is 19.1 Å². The predicted molar refractivity (Wildman–Crippen MR) is 89.1 cm³/mol. The highest BCUT2D eigenvalue weighted by Gasteiger charge is 2.40. The number of rotatable bonds is 5. The smallest absolute Gasteiger partial charge is 0.180 e. The number of hydrogen-bond acceptors (Lipinski definition) is 4. The Morgan fingerprint density at radius 1 is 1.36 bits per heavy atom. The van der Waals surface area contributed by atoms with Crippen molar-refractivity contribution in [2.75, 3.05) is 12.9 Å². The van der Waals surface area contributed by atoms with E-state index in [0.29, 0.717) is 10.6 Å². The van der Waals surface area contributed by atoms with Crippen molar-refractivity contribution in [2.45, 2.75) is 62.9 Å². The zero-order valence-corrected chi connectivity index (χ0v) is 14.8. The van der Waals surface area contributed by atoms with Crippen LogP contribution >= 0.6 is 0 Å². The normalized spacial score (nSPS) is 27.0. The fourth-order valence-corrected chi connectivity index (χ4v) is 5.54. The molecule has 0 bridgehead atoms. The summed E-state index contributed by atoms with van der Waals surface area (Å²) in [4.78, 5) is 0.415. The molecule has 0 saturated carbocycles. The number of benzene rings is 1. The first-order valence-electron chi connectivity index (χ1n) is 8.06. The summed E-state index contributed by atoms with van der Waals surface area (Å²) in [6.07, 6.45) is 3.79. The Morgan fingerprint density at radius 3 is 2.68 bits per heavy atom. The van der Waals surface area contributed by atoms with Gasteiger partial charge in [0.1, 0.15) is 5.75 Å². The van der Waals surface area contributed by atoms with Gasteiger partial charge in [0.15, 0.2) is 9.84 Å². The average Bonchev–Trinajstić information content (AvgIpc) is 2.59. The standard InChI is InChI=1S/C17H27NO3S/c1-5-7-10-17(6-2)12-22(19,20)16-11-14(21-4)8-9-15(16)13(3)18-17/h8-9,11,13,18H,5-7,10,12H2,1-4H3/t13-,17-/m1/s1. The Morgan fingerprint density at radius 2 is 2.09 bits per heavy atom. The predicted octanol–water partition coefficient (Wildman–Crippen LogP) is 3.47. The van der Waals surface area contributed by atoms with Crippen molar-refractivity contribution in [2.24, 2.45) is 0 Å². The second-order valence-electron chi connectivity index (χ2n) is 6.27. The van der Waals surface area contributed by atoms with Gasteiger partial charge in [0.05, 0.1) is 17.8 Å². The Kier molecular flexibility index (Phi) is 5.17. The zero-order chi connectivity index (χ0) is 16.4. The van der Waals surface area contributed by atoms with Crippen molar-refractivity contribution in [3.8, 4) is 5.75 Å². The summed E-state index contributed by atoms with van der Waals surface area (Å²) in [7, 11) is -1.78. The highest BCUT2D eigenvalue weighted by molar-refractivity contribution is 7.91. The van der Waals surface area contributed by atoms with Crippen LogP contribution in [0.5, 0.6) is 5.75 Å². The van der Waals surface area contributed by atoms with Crippen LogP contribution in [0.2, 0.25) is 0 Å². The maximum atomic E-state index is 12.9. The van der Waals surface area contributed by atoms with Crippen LogP contribution < -0.4 is 10.1 Å². The lowest BCUT2D eigenvalue weighted by Crippen LogP contribution is -2.49. The van der Waals surface area contributed by atoms with Crippen molar-refractivity contribution < 1.29 is 13.2 Å². The first kappa shape index (κ1) is 17.3. The van der Waals surface area contributed by atoms with Crippen molar-refractivity contribution >= 4 is 9.84 Å². The molecule has 2 atom stereocenters. The van der Waals surface area contributed by atoms with Crippen molar-refractivity contribution in [1.29, 1.82) is 0 Å². The van der Waals surface area contributed by atoms with Gasteiger partial charge in [-0.3, -0.25) is 0 Å². The second-order valence-corrected chi connectivity index (χ2v) is 8.22. The molecule has 1 heterocycles. The third-order valence-corrected chi connectivity index (χ3v) is 6.65. The molecule has 0 aliphatic carbocycles. The van der Waals surface area contributed by atoms with E-state index >= 15 is 0 Å². The molecule has 1 aromatic carbocycles. The SMILES string of the molecule is CCCC[C@]1(CC)CS(=O)(=O)c2cc(OC)ccc2[C@@H](C)N1. The second kappa shape index (κ2) is 6.59. The number of fused-ring (bicyclic) bond motifs is 1. The summed E-state index contributed by atoms with van der Waals surface area (Å²) in [6.45, 7) is 6.25. The lowest BCUT2D eigenvalue weighted by atomic mass is 9.90. The van der Waals surface area contributed by atoms with E-state index in [2.05, 4.69) is 19.2 Å². The Balaban J connectivity index is 2.51. The van der Waals surface area contributed by atoms with Crippen molar-refractivity contribution in [3.05, 3.63) is 23.8 Å². The molecule has 124 valence electrons. The summed E-state index contributed by atoms with van der Waals surface area (Å²) in [5.74, 6) is 0.744. The fraction of sp³-hybridized carbons (Fsp3) is 0.647. The van der Waals surface area contributed by atoms with Gasteiger partial charge in [0.2, 0.25) is 0 Å². The van der Waals surface area contributed by atoms with E-state index in [4.69, 9.17) is 4.74 Å². The number of ether oxygens (including phenoxy) is 1. The monoisotopic (exact) mass is 325 g/mol. The Bertz CT molecular complexity index is 627. The largest absolute Gasteiger partial charge is 0.497 e. The lowest BCUT2D eigenvalue weighted by Gasteiger charge is -2.34. The molecule has 1 aliphatic rings. The summed E-state index contributed by atoms with van der Waals surface area (Å²) in [5, 5.41) is 3.61. The van der Waals surface area contributed by atoms with Crippen LogP contribution in [0.3, 0.4) is 0 Å². The molecule has 0 aromatic heterocycles. The minimum Gasteiger partial charge on any atom is -0.497 e. The van der Waals surface area contributed by atoms with Crippen molar-refractivity contribution in [1.82, 2.24) is 5.32 Å². The average molecular weight is 325 g/mol. The molecule has 0 unspecified atom stereocenters. The van der Waals surface area contributed by atoms with Crippen LogP contribution in [0.25, 0.3) is 0 Å². The summed E-state index contributed by atoms with van der Waals surface area (Å²) >= 11 is 0. The first-order valence-corrected chi connectivity index (χ1v) is 9.71. The minimum absolute atomic E-state index is 0.00925. The fourth-order valence-electron chi connectivity index (χ4n) is 3.33. The number of unbranched alkanes of at least 4 members (excludes halogenated alkanes) is 1. The van der Waals surface area contributed by atoms with Gasteiger partial charge < -0.3 is 10.1 Å². The number of nitrogens with one attached hydrogen (secondary N) is 1. The van der Waals surface area contributed by atoms with Gasteiger partial charge in [-0.25, -0.2) is 8.42 Å². The van der Waals surface area contributed by atoms with E-state index < -0.39 is 9.84 Å². The molecule has 0 spiro atoms. The highest BCUT2D eigenvalue weighted by Crippen LogP contribution is 2.36. The molecule has 1 N–H and O–H groups in total. The van der Waals surface area contributed by atoms with Crippen LogP contribution in [-0.4, -0.2) is 26.8 Å². The summed E-state index contributed by atoms with van der Waals surface area (Å²) < 4.78 is 31.1. The quantitative estimate of drug-likeness (QED) is 0.900. The molecule has 0 radical (unpaired) electrons. The molecule has 22 heavy (non-hydrogen) atoms. The van der Waals surface area contributed by atoms with Gasteiger partial charge >= 0.3 is 0 Å². The van der Waals surface area contributed by atoms with Crippen LogP contribution in [0.4, 0.5) is 0 Å². The first-order chi connectivity index (χ1) is 10.4. The van der Waals surface area contributed by atoms with Crippen LogP contribution in [-0.2, 0) is 9.84 Å². The Hall–Kier alpha value is -1.07.